The lowest BCUT2D eigenvalue weighted by Crippen LogP contribution is -2.30. The Morgan fingerprint density at radius 1 is 0.404 bits per heavy atom. The Labute approximate surface area is 320 Å². The second-order valence-corrected chi connectivity index (χ2v) is 13.9. The highest BCUT2D eigenvalue weighted by Gasteiger charge is 2.19. The van der Waals surface area contributed by atoms with E-state index in [0.717, 1.165) is 77.0 Å². The minimum Gasteiger partial charge on any atom is -0.462 e. The van der Waals surface area contributed by atoms with Crippen LogP contribution in [0.5, 0.6) is 0 Å². The lowest BCUT2D eigenvalue weighted by Gasteiger charge is -2.18. The molecule has 0 bridgehead atoms. The van der Waals surface area contributed by atoms with Crippen LogP contribution in [0.25, 0.3) is 0 Å². The van der Waals surface area contributed by atoms with Gasteiger partial charge in [-0.15, -0.1) is 0 Å². The summed E-state index contributed by atoms with van der Waals surface area (Å²) in [6.45, 7) is 6.37. The van der Waals surface area contributed by atoms with Crippen LogP contribution >= 0.6 is 0 Å². The maximum atomic E-state index is 12.6. The Morgan fingerprint density at radius 2 is 0.769 bits per heavy atom. The molecule has 0 heterocycles. The molecule has 0 rings (SSSR count). The topological polar surface area (TPSA) is 78.9 Å². The molecule has 0 radical (unpaired) electrons. The van der Waals surface area contributed by atoms with Crippen molar-refractivity contribution < 1.29 is 28.6 Å². The molecule has 0 aliphatic heterocycles. The van der Waals surface area contributed by atoms with Crippen molar-refractivity contribution in [3.8, 4) is 0 Å². The average Bonchev–Trinajstić information content (AvgIpc) is 3.14. The van der Waals surface area contributed by atoms with E-state index in [9.17, 15) is 14.4 Å². The molecule has 1 atom stereocenters. The molecule has 0 aliphatic carbocycles. The van der Waals surface area contributed by atoms with Gasteiger partial charge in [0.1, 0.15) is 13.2 Å². The molecule has 6 nitrogen and oxygen atoms in total. The highest BCUT2D eigenvalue weighted by atomic mass is 16.6. The molecular weight excluding hydrogens is 648 g/mol. The number of ether oxygens (including phenoxy) is 3. The average molecular weight is 727 g/mol. The third-order valence-electron chi connectivity index (χ3n) is 8.73. The Kier molecular flexibility index (Phi) is 38.6. The molecule has 52 heavy (non-hydrogen) atoms. The van der Waals surface area contributed by atoms with Gasteiger partial charge in [-0.25, -0.2) is 0 Å². The number of allylic oxidation sites excluding steroid dienone is 10. The lowest BCUT2D eigenvalue weighted by atomic mass is 10.1. The van der Waals surface area contributed by atoms with E-state index < -0.39 is 6.10 Å². The molecular formula is C46H78O6. The standard InChI is InChI=1S/C46H78O6/c1-4-7-10-13-16-19-21-23-25-27-30-33-36-39-45(48)51-42-43(41-50-44(47)38-35-32-29-26-18-15-12-9-6-3)52-46(49)40-37-34-31-28-24-22-20-17-14-11-8-5-2/h8,11,17,20,23-26,28-29,43H,4-7,9-10,12-16,18-19,21-22,27,30-42H2,1-3H3/b11-8-,20-17-,25-23-,28-24-,29-26-. The minimum atomic E-state index is -0.806. The van der Waals surface area contributed by atoms with Gasteiger partial charge in [-0.05, 0) is 96.3 Å². The van der Waals surface area contributed by atoms with Crippen molar-refractivity contribution in [2.24, 2.45) is 0 Å². The van der Waals surface area contributed by atoms with E-state index in [-0.39, 0.29) is 37.5 Å². The van der Waals surface area contributed by atoms with E-state index in [1.165, 1.54) is 64.2 Å². The molecule has 0 aromatic carbocycles. The van der Waals surface area contributed by atoms with Crippen molar-refractivity contribution in [1.82, 2.24) is 0 Å². The third kappa shape index (κ3) is 38.3. The summed E-state index contributed by atoms with van der Waals surface area (Å²) in [6, 6.07) is 0. The quantitative estimate of drug-likeness (QED) is 0.0274. The van der Waals surface area contributed by atoms with E-state index in [1.54, 1.807) is 0 Å². The van der Waals surface area contributed by atoms with Gasteiger partial charge in [-0.1, -0.05) is 139 Å². The molecule has 0 aromatic rings. The molecule has 298 valence electrons. The van der Waals surface area contributed by atoms with Crippen LogP contribution in [0.1, 0.15) is 194 Å². The smallest absolute Gasteiger partial charge is 0.306 e. The molecule has 0 amide bonds. The van der Waals surface area contributed by atoms with E-state index in [1.807, 2.05) is 0 Å². The summed E-state index contributed by atoms with van der Waals surface area (Å²) in [5.74, 6) is -1.01. The highest BCUT2D eigenvalue weighted by Crippen LogP contribution is 2.11. The summed E-state index contributed by atoms with van der Waals surface area (Å²) in [7, 11) is 0. The van der Waals surface area contributed by atoms with Crippen molar-refractivity contribution in [2.75, 3.05) is 13.2 Å². The van der Waals surface area contributed by atoms with Gasteiger partial charge in [-0.2, -0.15) is 0 Å². The van der Waals surface area contributed by atoms with Gasteiger partial charge in [-0.3, -0.25) is 14.4 Å². The normalized spacial score (nSPS) is 12.6. The maximum absolute atomic E-state index is 12.6. The molecule has 0 saturated carbocycles. The number of carbonyl (C=O) groups excluding carboxylic acids is 3. The van der Waals surface area contributed by atoms with E-state index in [0.29, 0.717) is 25.7 Å². The monoisotopic (exact) mass is 727 g/mol. The number of esters is 3. The second kappa shape index (κ2) is 40.9. The molecule has 0 N–H and O–H groups in total. The van der Waals surface area contributed by atoms with E-state index in [2.05, 4.69) is 81.5 Å². The van der Waals surface area contributed by atoms with Crippen LogP contribution in [0, 0.1) is 0 Å². The fraction of sp³-hybridized carbons (Fsp3) is 0.717. The summed E-state index contributed by atoms with van der Waals surface area (Å²) < 4.78 is 16.6. The lowest BCUT2D eigenvalue weighted by molar-refractivity contribution is -0.167. The van der Waals surface area contributed by atoms with Gasteiger partial charge in [0, 0.05) is 19.3 Å². The van der Waals surface area contributed by atoms with Crippen molar-refractivity contribution in [1.29, 1.82) is 0 Å². The van der Waals surface area contributed by atoms with E-state index >= 15 is 0 Å². The Bertz CT molecular complexity index is 975. The Balaban J connectivity index is 4.48. The van der Waals surface area contributed by atoms with Crippen molar-refractivity contribution >= 4 is 17.9 Å². The Morgan fingerprint density at radius 3 is 1.33 bits per heavy atom. The van der Waals surface area contributed by atoms with Crippen molar-refractivity contribution in [3.63, 3.8) is 0 Å². The zero-order chi connectivity index (χ0) is 38.0. The van der Waals surface area contributed by atoms with Crippen LogP contribution in [0.3, 0.4) is 0 Å². The van der Waals surface area contributed by atoms with Crippen LogP contribution in [0.15, 0.2) is 60.8 Å². The number of unbranched alkanes of at least 4 members (excludes halogenated alkanes) is 16. The first kappa shape index (κ1) is 49.1. The maximum Gasteiger partial charge on any atom is 0.306 e. The largest absolute Gasteiger partial charge is 0.462 e. The van der Waals surface area contributed by atoms with Gasteiger partial charge in [0.2, 0.25) is 0 Å². The van der Waals surface area contributed by atoms with Crippen LogP contribution < -0.4 is 0 Å². The number of hydrogen-bond donors (Lipinski definition) is 0. The van der Waals surface area contributed by atoms with Crippen LogP contribution in [0.2, 0.25) is 0 Å². The SMILES string of the molecule is CC/C=C\C/C=C\C/C=C\CCCCC(=O)OC(COC(=O)CCC/C=C\CCCCCC)COC(=O)CCCCC/C=C\CCCCCCCC. The first-order chi connectivity index (χ1) is 25.5. The molecule has 0 spiro atoms. The predicted octanol–water partition coefficient (Wildman–Crippen LogP) is 13.4. The summed E-state index contributed by atoms with van der Waals surface area (Å²) in [6.07, 6.45) is 47.9. The van der Waals surface area contributed by atoms with Gasteiger partial charge >= 0.3 is 17.9 Å². The summed E-state index contributed by atoms with van der Waals surface area (Å²) in [5, 5.41) is 0. The van der Waals surface area contributed by atoms with Gasteiger partial charge in [0.15, 0.2) is 6.10 Å². The number of carbonyl (C=O) groups is 3. The molecule has 0 saturated heterocycles. The van der Waals surface area contributed by atoms with Gasteiger partial charge < -0.3 is 14.2 Å². The Hall–Kier alpha value is -2.89. The highest BCUT2D eigenvalue weighted by molar-refractivity contribution is 5.71. The van der Waals surface area contributed by atoms with E-state index in [4.69, 9.17) is 14.2 Å². The number of hydrogen-bond acceptors (Lipinski definition) is 6. The fourth-order valence-corrected chi connectivity index (χ4v) is 5.51. The van der Waals surface area contributed by atoms with Crippen LogP contribution in [-0.2, 0) is 28.6 Å². The zero-order valence-electron chi connectivity index (χ0n) is 33.8. The molecule has 0 fully saturated rings. The minimum absolute atomic E-state index is 0.107. The predicted molar refractivity (Wildman–Crippen MR) is 219 cm³/mol. The first-order valence-electron chi connectivity index (χ1n) is 21.3. The summed E-state index contributed by atoms with van der Waals surface area (Å²) >= 11 is 0. The van der Waals surface area contributed by atoms with Crippen molar-refractivity contribution in [3.05, 3.63) is 60.8 Å². The zero-order valence-corrected chi connectivity index (χ0v) is 33.8. The van der Waals surface area contributed by atoms with Crippen LogP contribution in [0.4, 0.5) is 0 Å². The van der Waals surface area contributed by atoms with Gasteiger partial charge in [0.25, 0.3) is 0 Å². The second-order valence-electron chi connectivity index (χ2n) is 13.9. The number of rotatable bonds is 37. The van der Waals surface area contributed by atoms with Crippen molar-refractivity contribution in [2.45, 2.75) is 200 Å². The molecule has 6 heteroatoms. The fourth-order valence-electron chi connectivity index (χ4n) is 5.51. The first-order valence-corrected chi connectivity index (χ1v) is 21.3. The summed E-state index contributed by atoms with van der Waals surface area (Å²) in [5.41, 5.74) is 0. The van der Waals surface area contributed by atoms with Gasteiger partial charge in [0.05, 0.1) is 0 Å². The molecule has 1 unspecified atom stereocenters. The van der Waals surface area contributed by atoms with Crippen LogP contribution in [-0.4, -0.2) is 37.2 Å². The summed E-state index contributed by atoms with van der Waals surface area (Å²) in [4.78, 5) is 37.5. The third-order valence-corrected chi connectivity index (χ3v) is 8.73. The molecule has 0 aromatic heterocycles. The molecule has 0 aliphatic rings.